The van der Waals surface area contributed by atoms with E-state index < -0.39 is 6.10 Å². The van der Waals surface area contributed by atoms with E-state index in [9.17, 15) is 14.4 Å². The molecule has 0 heterocycles. The maximum atomic E-state index is 12.8. The molecule has 6 nitrogen and oxygen atoms in total. The average Bonchev–Trinajstić information content (AvgIpc) is 3.30. The van der Waals surface area contributed by atoms with E-state index in [-0.39, 0.29) is 31.1 Å². The monoisotopic (exact) mass is 897 g/mol. The van der Waals surface area contributed by atoms with Gasteiger partial charge in [-0.1, -0.05) is 219 Å². The fourth-order valence-corrected chi connectivity index (χ4v) is 6.50. The Morgan fingerprint density at radius 3 is 1.06 bits per heavy atom. The first-order valence-corrected chi connectivity index (χ1v) is 25.8. The summed E-state index contributed by atoms with van der Waals surface area (Å²) >= 11 is 0. The fourth-order valence-electron chi connectivity index (χ4n) is 6.50. The van der Waals surface area contributed by atoms with Crippen LogP contribution in [-0.2, 0) is 28.6 Å². The van der Waals surface area contributed by atoms with E-state index in [2.05, 4.69) is 118 Å². The third-order valence-corrected chi connectivity index (χ3v) is 10.3. The molecule has 0 aromatic heterocycles. The third kappa shape index (κ3) is 50.4. The molecule has 0 radical (unpaired) electrons. The highest BCUT2D eigenvalue weighted by molar-refractivity contribution is 5.71. The second-order valence-corrected chi connectivity index (χ2v) is 16.4. The average molecular weight is 897 g/mol. The molecule has 0 aromatic carbocycles. The summed E-state index contributed by atoms with van der Waals surface area (Å²) in [4.78, 5) is 38.0. The van der Waals surface area contributed by atoms with Crippen LogP contribution in [0.3, 0.4) is 0 Å². The number of hydrogen-bond donors (Lipinski definition) is 0. The first-order chi connectivity index (χ1) is 32.0. The van der Waals surface area contributed by atoms with Crippen LogP contribution in [0.1, 0.15) is 201 Å². The van der Waals surface area contributed by atoms with Gasteiger partial charge in [0, 0.05) is 19.3 Å². The molecule has 0 bridgehead atoms. The molecular weight excluding hydrogens is 805 g/mol. The van der Waals surface area contributed by atoms with Crippen LogP contribution in [0, 0.1) is 0 Å². The van der Waals surface area contributed by atoms with Gasteiger partial charge in [-0.05, 0) is 96.3 Å². The molecule has 0 aliphatic rings. The summed E-state index contributed by atoms with van der Waals surface area (Å²) < 4.78 is 16.7. The number of unbranched alkanes of at least 4 members (excludes halogenated alkanes) is 16. The number of allylic oxidation sites excluding steroid dienone is 22. The molecule has 65 heavy (non-hydrogen) atoms. The van der Waals surface area contributed by atoms with Crippen molar-refractivity contribution in [1.82, 2.24) is 0 Å². The predicted octanol–water partition coefficient (Wildman–Crippen LogP) is 17.1. The lowest BCUT2D eigenvalue weighted by Gasteiger charge is -2.18. The van der Waals surface area contributed by atoms with Crippen LogP contribution in [-0.4, -0.2) is 37.2 Å². The molecule has 364 valence electrons. The quantitative estimate of drug-likeness (QED) is 0.0199. The number of ether oxygens (including phenoxy) is 3. The highest BCUT2D eigenvalue weighted by Gasteiger charge is 2.19. The van der Waals surface area contributed by atoms with E-state index in [1.165, 1.54) is 32.1 Å². The summed E-state index contributed by atoms with van der Waals surface area (Å²) in [5.74, 6) is -0.984. The van der Waals surface area contributed by atoms with Crippen LogP contribution in [0.2, 0.25) is 0 Å². The molecule has 0 fully saturated rings. The van der Waals surface area contributed by atoms with Gasteiger partial charge in [-0.3, -0.25) is 14.4 Å². The lowest BCUT2D eigenvalue weighted by Crippen LogP contribution is -2.30. The second-order valence-electron chi connectivity index (χ2n) is 16.4. The molecule has 6 heteroatoms. The third-order valence-electron chi connectivity index (χ3n) is 10.3. The molecule has 1 atom stereocenters. The largest absolute Gasteiger partial charge is 0.462 e. The first kappa shape index (κ1) is 60.5. The van der Waals surface area contributed by atoms with Gasteiger partial charge in [0.15, 0.2) is 6.10 Å². The zero-order chi connectivity index (χ0) is 47.2. The molecule has 0 saturated carbocycles. The zero-order valence-corrected chi connectivity index (χ0v) is 41.4. The van der Waals surface area contributed by atoms with Crippen LogP contribution in [0.25, 0.3) is 0 Å². The van der Waals surface area contributed by atoms with Crippen molar-refractivity contribution in [2.75, 3.05) is 13.2 Å². The molecule has 0 rings (SSSR count). The highest BCUT2D eigenvalue weighted by atomic mass is 16.6. The van der Waals surface area contributed by atoms with Gasteiger partial charge >= 0.3 is 17.9 Å². The van der Waals surface area contributed by atoms with Crippen molar-refractivity contribution in [3.8, 4) is 0 Å². The van der Waals surface area contributed by atoms with Crippen molar-refractivity contribution in [2.24, 2.45) is 0 Å². The normalized spacial score (nSPS) is 13.2. The Bertz CT molecular complexity index is 1450. The van der Waals surface area contributed by atoms with Gasteiger partial charge in [0.25, 0.3) is 0 Å². The lowest BCUT2D eigenvalue weighted by atomic mass is 10.1. The zero-order valence-electron chi connectivity index (χ0n) is 41.4. The Balaban J connectivity index is 4.49. The number of carbonyl (C=O) groups is 3. The predicted molar refractivity (Wildman–Crippen MR) is 279 cm³/mol. The topological polar surface area (TPSA) is 78.9 Å². The molecular formula is C59H92O6. The van der Waals surface area contributed by atoms with E-state index in [1.807, 2.05) is 36.5 Å². The van der Waals surface area contributed by atoms with Crippen LogP contribution < -0.4 is 0 Å². The van der Waals surface area contributed by atoms with Crippen LogP contribution in [0.5, 0.6) is 0 Å². The van der Waals surface area contributed by atoms with Crippen molar-refractivity contribution in [2.45, 2.75) is 207 Å². The van der Waals surface area contributed by atoms with Crippen molar-refractivity contribution in [3.05, 3.63) is 134 Å². The molecule has 0 aliphatic heterocycles. The number of esters is 3. The van der Waals surface area contributed by atoms with Crippen molar-refractivity contribution < 1.29 is 28.6 Å². The van der Waals surface area contributed by atoms with Gasteiger partial charge in [-0.15, -0.1) is 0 Å². The standard InChI is InChI=1S/C59H92O6/c1-4-7-10-13-16-19-22-25-27-28-29-30-32-34-37-40-43-46-49-52-58(61)64-55-56(54-63-57(60)51-48-45-42-39-36-33-24-21-18-15-12-9-6-3)65-59(62)53-50-47-44-41-38-35-31-26-23-20-17-14-11-8-5-2/h7-12,14-21,23-25,27,29-30,33,36,56H,4-6,13,22,26,28,31-32,34-35,37-55H2,1-3H3/b10-7-,11-8-,12-9-,17-14-,18-15-,19-16-,23-20-,24-21-,27-25-,30-29-,36-33-. The van der Waals surface area contributed by atoms with E-state index in [1.54, 1.807) is 0 Å². The SMILES string of the molecule is CC\C=C/C=C\C=C/C=C\CCCCCC(=O)OCC(COC(=O)CCCCCCCC/C=C\C/C=C\C/C=C\C/C=C\CC)OC(=O)CCCCCCCCC\C=C/C=C\C=C/CC. The van der Waals surface area contributed by atoms with Gasteiger partial charge < -0.3 is 14.2 Å². The van der Waals surface area contributed by atoms with Gasteiger partial charge in [0.2, 0.25) is 0 Å². The van der Waals surface area contributed by atoms with Crippen LogP contribution >= 0.6 is 0 Å². The molecule has 0 aromatic rings. The van der Waals surface area contributed by atoms with Gasteiger partial charge in [-0.2, -0.15) is 0 Å². The minimum Gasteiger partial charge on any atom is -0.462 e. The van der Waals surface area contributed by atoms with Gasteiger partial charge in [0.1, 0.15) is 13.2 Å². The van der Waals surface area contributed by atoms with E-state index >= 15 is 0 Å². The first-order valence-electron chi connectivity index (χ1n) is 25.8. The maximum absolute atomic E-state index is 12.8. The van der Waals surface area contributed by atoms with Crippen LogP contribution in [0.4, 0.5) is 0 Å². The van der Waals surface area contributed by atoms with Crippen LogP contribution in [0.15, 0.2) is 134 Å². The van der Waals surface area contributed by atoms with E-state index in [0.717, 1.165) is 128 Å². The smallest absolute Gasteiger partial charge is 0.306 e. The van der Waals surface area contributed by atoms with Crippen molar-refractivity contribution >= 4 is 17.9 Å². The summed E-state index contributed by atoms with van der Waals surface area (Å²) in [6, 6.07) is 0. The molecule has 0 spiro atoms. The fraction of sp³-hybridized carbons (Fsp3) is 0.576. The Kier molecular flexibility index (Phi) is 48.6. The minimum absolute atomic E-state index is 0.109. The Morgan fingerprint density at radius 1 is 0.323 bits per heavy atom. The maximum Gasteiger partial charge on any atom is 0.306 e. The number of carbonyl (C=O) groups excluding carboxylic acids is 3. The minimum atomic E-state index is -0.811. The summed E-state index contributed by atoms with van der Waals surface area (Å²) in [6.45, 7) is 6.18. The van der Waals surface area contributed by atoms with E-state index in [4.69, 9.17) is 14.2 Å². The summed E-state index contributed by atoms with van der Waals surface area (Å²) in [6.07, 6.45) is 72.9. The Hall–Kier alpha value is -4.45. The molecule has 0 amide bonds. The summed E-state index contributed by atoms with van der Waals surface area (Å²) in [7, 11) is 0. The van der Waals surface area contributed by atoms with Gasteiger partial charge in [0.05, 0.1) is 0 Å². The number of hydrogen-bond acceptors (Lipinski definition) is 6. The summed E-state index contributed by atoms with van der Waals surface area (Å²) in [5.41, 5.74) is 0. The lowest BCUT2D eigenvalue weighted by molar-refractivity contribution is -0.167. The Morgan fingerprint density at radius 2 is 0.631 bits per heavy atom. The molecule has 0 aliphatic carbocycles. The number of rotatable bonds is 44. The molecule has 0 saturated heterocycles. The van der Waals surface area contributed by atoms with E-state index in [0.29, 0.717) is 19.3 Å². The Labute approximate surface area is 398 Å². The molecule has 0 N–H and O–H groups in total. The van der Waals surface area contributed by atoms with Crippen molar-refractivity contribution in [1.29, 1.82) is 0 Å². The second kappa shape index (κ2) is 52.2. The molecule has 1 unspecified atom stereocenters. The summed E-state index contributed by atoms with van der Waals surface area (Å²) in [5, 5.41) is 0. The van der Waals surface area contributed by atoms with Crippen molar-refractivity contribution in [3.63, 3.8) is 0 Å². The van der Waals surface area contributed by atoms with Gasteiger partial charge in [-0.25, -0.2) is 0 Å². The highest BCUT2D eigenvalue weighted by Crippen LogP contribution is 2.13.